The van der Waals surface area contributed by atoms with Crippen molar-refractivity contribution in [3.8, 4) is 0 Å². The van der Waals surface area contributed by atoms with Crippen LogP contribution in [0.4, 0.5) is 0 Å². The Morgan fingerprint density at radius 1 is 1.65 bits per heavy atom. The van der Waals surface area contributed by atoms with E-state index in [4.69, 9.17) is 4.74 Å². The zero-order valence-corrected chi connectivity index (χ0v) is 11.6. The van der Waals surface area contributed by atoms with E-state index in [0.29, 0.717) is 12.3 Å². The van der Waals surface area contributed by atoms with Crippen LogP contribution in [0, 0.1) is 6.92 Å². The van der Waals surface area contributed by atoms with Gasteiger partial charge in [0, 0.05) is 22.9 Å². The van der Waals surface area contributed by atoms with E-state index in [9.17, 15) is 4.79 Å². The molecular formula is C11H16N2O2S2. The van der Waals surface area contributed by atoms with Gasteiger partial charge in [-0.25, -0.2) is 9.78 Å². The van der Waals surface area contributed by atoms with E-state index < -0.39 is 0 Å². The highest BCUT2D eigenvalue weighted by atomic mass is 32.2. The van der Waals surface area contributed by atoms with Crippen LogP contribution in [-0.4, -0.2) is 35.6 Å². The maximum Gasteiger partial charge on any atom is 0.358 e. The summed E-state index contributed by atoms with van der Waals surface area (Å²) < 4.78 is 4.99. The normalized spacial score (nSPS) is 20.2. The first-order valence-electron chi connectivity index (χ1n) is 5.68. The second-order valence-electron chi connectivity index (χ2n) is 3.76. The predicted molar refractivity (Wildman–Crippen MR) is 70.9 cm³/mol. The zero-order valence-electron chi connectivity index (χ0n) is 9.99. The van der Waals surface area contributed by atoms with E-state index in [0.717, 1.165) is 27.9 Å². The summed E-state index contributed by atoms with van der Waals surface area (Å²) in [5.74, 6) is 1.86. The molecule has 17 heavy (non-hydrogen) atoms. The van der Waals surface area contributed by atoms with Gasteiger partial charge in [0.25, 0.3) is 0 Å². The predicted octanol–water partition coefficient (Wildman–Crippen LogP) is 2.01. The third-order valence-electron chi connectivity index (χ3n) is 2.50. The van der Waals surface area contributed by atoms with Crippen LogP contribution in [0.3, 0.4) is 0 Å². The topological polar surface area (TPSA) is 51.2 Å². The molecule has 1 aliphatic rings. The van der Waals surface area contributed by atoms with Gasteiger partial charge in [0.1, 0.15) is 5.01 Å². The molecule has 0 radical (unpaired) electrons. The van der Waals surface area contributed by atoms with Crippen LogP contribution in [0.2, 0.25) is 0 Å². The van der Waals surface area contributed by atoms with Crippen LogP contribution in [0.5, 0.6) is 0 Å². The highest BCUT2D eigenvalue weighted by Gasteiger charge is 2.23. The molecule has 0 saturated carbocycles. The molecule has 1 aromatic heterocycles. The first-order chi connectivity index (χ1) is 8.22. The Hall–Kier alpha value is -0.590. The summed E-state index contributed by atoms with van der Waals surface area (Å²) in [6, 6.07) is 0.278. The van der Waals surface area contributed by atoms with Gasteiger partial charge in [-0.2, -0.15) is 11.8 Å². The average Bonchev–Trinajstić information content (AvgIpc) is 2.73. The molecule has 6 heteroatoms. The van der Waals surface area contributed by atoms with E-state index in [1.807, 2.05) is 18.7 Å². The van der Waals surface area contributed by atoms with E-state index in [1.54, 1.807) is 18.3 Å². The SMILES string of the molecule is CCOC(=O)c1nc(C2CSCCN2)sc1C. The number of ether oxygens (including phenoxy) is 1. The summed E-state index contributed by atoms with van der Waals surface area (Å²) >= 11 is 3.51. The number of rotatable bonds is 3. The Bertz CT molecular complexity index is 400. The van der Waals surface area contributed by atoms with Gasteiger partial charge in [0.2, 0.25) is 0 Å². The number of hydrogen-bond donors (Lipinski definition) is 1. The number of carbonyl (C=O) groups excluding carboxylic acids is 1. The lowest BCUT2D eigenvalue weighted by Gasteiger charge is -2.20. The maximum atomic E-state index is 11.7. The summed E-state index contributed by atoms with van der Waals surface area (Å²) in [5.41, 5.74) is 0.476. The number of aromatic nitrogens is 1. The molecule has 0 spiro atoms. The molecular weight excluding hydrogens is 256 g/mol. The van der Waals surface area contributed by atoms with E-state index in [1.165, 1.54) is 0 Å². The lowest BCUT2D eigenvalue weighted by molar-refractivity contribution is 0.0519. The number of nitrogens with one attached hydrogen (secondary N) is 1. The van der Waals surface area contributed by atoms with Gasteiger partial charge in [-0.1, -0.05) is 0 Å². The molecule has 2 rings (SSSR count). The van der Waals surface area contributed by atoms with Gasteiger partial charge in [-0.05, 0) is 13.8 Å². The molecule has 1 N–H and O–H groups in total. The number of nitrogens with zero attached hydrogens (tertiary/aromatic N) is 1. The molecule has 1 atom stereocenters. The standard InChI is InChI=1S/C11H16N2O2S2/c1-3-15-11(14)9-7(2)17-10(13-9)8-6-16-5-4-12-8/h8,12H,3-6H2,1-2H3. The van der Waals surface area contributed by atoms with Crippen molar-refractivity contribution in [3.63, 3.8) is 0 Å². The zero-order chi connectivity index (χ0) is 12.3. The van der Waals surface area contributed by atoms with Gasteiger partial charge >= 0.3 is 5.97 Å². The number of thiazole rings is 1. The fourth-order valence-electron chi connectivity index (χ4n) is 1.68. The molecule has 1 saturated heterocycles. The van der Waals surface area contributed by atoms with E-state index in [-0.39, 0.29) is 12.0 Å². The lowest BCUT2D eigenvalue weighted by Crippen LogP contribution is -2.30. The van der Waals surface area contributed by atoms with Crippen molar-refractivity contribution in [2.45, 2.75) is 19.9 Å². The summed E-state index contributed by atoms with van der Waals surface area (Å²) in [4.78, 5) is 17.0. The van der Waals surface area contributed by atoms with Crippen molar-refractivity contribution in [1.82, 2.24) is 10.3 Å². The molecule has 0 aromatic carbocycles. The summed E-state index contributed by atoms with van der Waals surface area (Å²) in [5, 5.41) is 4.42. The van der Waals surface area contributed by atoms with Crippen LogP contribution in [0.15, 0.2) is 0 Å². The van der Waals surface area contributed by atoms with Gasteiger partial charge in [0.05, 0.1) is 12.6 Å². The first-order valence-corrected chi connectivity index (χ1v) is 7.65. The molecule has 0 amide bonds. The quantitative estimate of drug-likeness (QED) is 0.853. The second kappa shape index (κ2) is 5.84. The highest BCUT2D eigenvalue weighted by molar-refractivity contribution is 7.99. The summed E-state index contributed by atoms with van der Waals surface area (Å²) in [6.07, 6.45) is 0. The fraction of sp³-hybridized carbons (Fsp3) is 0.636. The summed E-state index contributed by atoms with van der Waals surface area (Å²) in [6.45, 7) is 5.12. The minimum atomic E-state index is -0.309. The minimum absolute atomic E-state index is 0.278. The number of carbonyl (C=O) groups is 1. The molecule has 0 aliphatic carbocycles. The second-order valence-corrected chi connectivity index (χ2v) is 6.14. The molecule has 1 unspecified atom stereocenters. The van der Waals surface area contributed by atoms with E-state index >= 15 is 0 Å². The van der Waals surface area contributed by atoms with Crippen molar-refractivity contribution < 1.29 is 9.53 Å². The van der Waals surface area contributed by atoms with Crippen LogP contribution < -0.4 is 5.32 Å². The molecule has 1 fully saturated rings. The van der Waals surface area contributed by atoms with Crippen molar-refractivity contribution in [2.24, 2.45) is 0 Å². The molecule has 2 heterocycles. The third kappa shape index (κ3) is 3.00. The summed E-state index contributed by atoms with van der Waals surface area (Å²) in [7, 11) is 0. The average molecular weight is 272 g/mol. The van der Waals surface area contributed by atoms with Crippen molar-refractivity contribution in [1.29, 1.82) is 0 Å². The van der Waals surface area contributed by atoms with Gasteiger partial charge in [-0.3, -0.25) is 0 Å². The Labute approximate surface area is 109 Å². The Balaban J connectivity index is 2.14. The van der Waals surface area contributed by atoms with Gasteiger partial charge in [0.15, 0.2) is 5.69 Å². The molecule has 1 aromatic rings. The van der Waals surface area contributed by atoms with Crippen molar-refractivity contribution in [2.75, 3.05) is 24.7 Å². The molecule has 1 aliphatic heterocycles. The number of thioether (sulfide) groups is 1. The molecule has 0 bridgehead atoms. The highest BCUT2D eigenvalue weighted by Crippen LogP contribution is 2.28. The van der Waals surface area contributed by atoms with Gasteiger partial charge < -0.3 is 10.1 Å². The van der Waals surface area contributed by atoms with Crippen LogP contribution in [0.25, 0.3) is 0 Å². The molecule has 4 nitrogen and oxygen atoms in total. The van der Waals surface area contributed by atoms with Crippen LogP contribution in [-0.2, 0) is 4.74 Å². The van der Waals surface area contributed by atoms with Crippen LogP contribution in [0.1, 0.15) is 33.3 Å². The fourth-order valence-corrected chi connectivity index (χ4v) is 3.71. The first kappa shape index (κ1) is 12.9. The number of aryl methyl sites for hydroxylation is 1. The largest absolute Gasteiger partial charge is 0.461 e. The monoisotopic (exact) mass is 272 g/mol. The van der Waals surface area contributed by atoms with Crippen molar-refractivity contribution in [3.05, 3.63) is 15.6 Å². The maximum absolute atomic E-state index is 11.7. The smallest absolute Gasteiger partial charge is 0.358 e. The minimum Gasteiger partial charge on any atom is -0.461 e. The molecule has 94 valence electrons. The Morgan fingerprint density at radius 3 is 3.12 bits per heavy atom. The van der Waals surface area contributed by atoms with E-state index in [2.05, 4.69) is 10.3 Å². The number of hydrogen-bond acceptors (Lipinski definition) is 6. The third-order valence-corrected chi connectivity index (χ3v) is 4.65. The Kier molecular flexibility index (Phi) is 4.42. The van der Waals surface area contributed by atoms with Crippen LogP contribution >= 0.6 is 23.1 Å². The van der Waals surface area contributed by atoms with Gasteiger partial charge in [-0.15, -0.1) is 11.3 Å². The van der Waals surface area contributed by atoms with Crippen molar-refractivity contribution >= 4 is 29.1 Å². The Morgan fingerprint density at radius 2 is 2.47 bits per heavy atom. The lowest BCUT2D eigenvalue weighted by atomic mass is 10.3. The number of esters is 1.